The van der Waals surface area contributed by atoms with Gasteiger partial charge in [0, 0.05) is 32.7 Å². The molecular formula is C16H23FN2O. The first-order chi connectivity index (χ1) is 9.54. The summed E-state index contributed by atoms with van der Waals surface area (Å²) in [5, 5.41) is 0. The number of hydrogen-bond donors (Lipinski definition) is 0. The Labute approximate surface area is 120 Å². The molecule has 110 valence electrons. The maximum atomic E-state index is 12.8. The molecule has 0 saturated carbocycles. The maximum Gasteiger partial charge on any atom is 0.227 e. The number of carbonyl (C=O) groups is 1. The van der Waals surface area contributed by atoms with Crippen LogP contribution in [0.5, 0.6) is 0 Å². The van der Waals surface area contributed by atoms with Gasteiger partial charge < -0.3 is 4.90 Å². The molecule has 0 aromatic heterocycles. The number of nitrogens with zero attached hydrogens (tertiary/aromatic N) is 2. The highest BCUT2D eigenvalue weighted by Gasteiger charge is 2.21. The zero-order valence-corrected chi connectivity index (χ0v) is 12.3. The fourth-order valence-electron chi connectivity index (χ4n) is 2.58. The van der Waals surface area contributed by atoms with Gasteiger partial charge >= 0.3 is 0 Å². The average Bonchev–Trinajstić information content (AvgIpc) is 2.41. The minimum atomic E-state index is -0.261. The van der Waals surface area contributed by atoms with Crippen LogP contribution in [0.2, 0.25) is 0 Å². The van der Waals surface area contributed by atoms with Gasteiger partial charge in [0.15, 0.2) is 0 Å². The number of carbonyl (C=O) groups excluding carboxylic acids is 1. The summed E-state index contributed by atoms with van der Waals surface area (Å²) in [7, 11) is 0. The Morgan fingerprint density at radius 1 is 1.15 bits per heavy atom. The van der Waals surface area contributed by atoms with Gasteiger partial charge in [-0.15, -0.1) is 0 Å². The quantitative estimate of drug-likeness (QED) is 0.842. The van der Waals surface area contributed by atoms with Gasteiger partial charge in [0.25, 0.3) is 0 Å². The Bertz CT molecular complexity index is 436. The van der Waals surface area contributed by atoms with E-state index in [0.717, 1.165) is 38.3 Å². The van der Waals surface area contributed by atoms with Gasteiger partial charge in [0.1, 0.15) is 5.82 Å². The molecule has 3 nitrogen and oxygen atoms in total. The van der Waals surface area contributed by atoms with Gasteiger partial charge in [0.2, 0.25) is 5.91 Å². The third-order valence-corrected chi connectivity index (χ3v) is 3.62. The van der Waals surface area contributed by atoms with Gasteiger partial charge in [0.05, 0.1) is 6.42 Å². The van der Waals surface area contributed by atoms with Gasteiger partial charge in [-0.1, -0.05) is 26.0 Å². The minimum Gasteiger partial charge on any atom is -0.340 e. The summed E-state index contributed by atoms with van der Waals surface area (Å²) in [5.74, 6) is 0.542. The summed E-state index contributed by atoms with van der Waals surface area (Å²) >= 11 is 0. The summed E-state index contributed by atoms with van der Waals surface area (Å²) in [6.07, 6.45) is 0.366. The molecule has 1 fully saturated rings. The predicted molar refractivity (Wildman–Crippen MR) is 78.0 cm³/mol. The lowest BCUT2D eigenvalue weighted by Gasteiger charge is -2.35. The molecule has 1 aromatic rings. The van der Waals surface area contributed by atoms with Crippen molar-refractivity contribution in [2.75, 3.05) is 32.7 Å². The number of benzene rings is 1. The Hall–Kier alpha value is -1.42. The van der Waals surface area contributed by atoms with Crippen molar-refractivity contribution in [3.05, 3.63) is 35.6 Å². The molecule has 2 rings (SSSR count). The third kappa shape index (κ3) is 4.30. The van der Waals surface area contributed by atoms with E-state index in [9.17, 15) is 9.18 Å². The van der Waals surface area contributed by atoms with Crippen molar-refractivity contribution in [3.8, 4) is 0 Å². The topological polar surface area (TPSA) is 23.6 Å². The van der Waals surface area contributed by atoms with Crippen molar-refractivity contribution < 1.29 is 9.18 Å². The molecule has 0 radical (unpaired) electrons. The van der Waals surface area contributed by atoms with Gasteiger partial charge in [-0.3, -0.25) is 9.69 Å². The van der Waals surface area contributed by atoms with E-state index in [4.69, 9.17) is 0 Å². The van der Waals surface area contributed by atoms with Crippen molar-refractivity contribution in [2.24, 2.45) is 5.92 Å². The largest absolute Gasteiger partial charge is 0.340 e. The fraction of sp³-hybridized carbons (Fsp3) is 0.562. The molecule has 1 amide bonds. The number of hydrogen-bond acceptors (Lipinski definition) is 2. The molecule has 0 spiro atoms. The molecule has 1 heterocycles. The van der Waals surface area contributed by atoms with Crippen LogP contribution in [0.3, 0.4) is 0 Å². The van der Waals surface area contributed by atoms with Gasteiger partial charge in [-0.2, -0.15) is 0 Å². The minimum absolute atomic E-state index is 0.140. The van der Waals surface area contributed by atoms with E-state index >= 15 is 0 Å². The summed E-state index contributed by atoms with van der Waals surface area (Å²) in [6.45, 7) is 9.03. The predicted octanol–water partition coefficient (Wildman–Crippen LogP) is 2.17. The van der Waals surface area contributed by atoms with Gasteiger partial charge in [-0.05, 0) is 23.6 Å². The van der Waals surface area contributed by atoms with Crippen LogP contribution in [0.15, 0.2) is 24.3 Å². The molecular weight excluding hydrogens is 255 g/mol. The molecule has 0 unspecified atom stereocenters. The Kier molecular flexibility index (Phi) is 5.12. The number of rotatable bonds is 4. The highest BCUT2D eigenvalue weighted by atomic mass is 19.1. The van der Waals surface area contributed by atoms with Crippen LogP contribution in [0.1, 0.15) is 19.4 Å². The zero-order chi connectivity index (χ0) is 14.5. The highest BCUT2D eigenvalue weighted by molar-refractivity contribution is 5.78. The lowest BCUT2D eigenvalue weighted by atomic mass is 10.1. The molecule has 4 heteroatoms. The fourth-order valence-corrected chi connectivity index (χ4v) is 2.58. The number of piperazine rings is 1. The molecule has 0 N–H and O–H groups in total. The molecule has 0 aliphatic carbocycles. The smallest absolute Gasteiger partial charge is 0.227 e. The summed E-state index contributed by atoms with van der Waals surface area (Å²) in [6, 6.07) is 6.18. The van der Waals surface area contributed by atoms with E-state index in [1.54, 1.807) is 12.1 Å². The summed E-state index contributed by atoms with van der Waals surface area (Å²) in [4.78, 5) is 16.5. The maximum absolute atomic E-state index is 12.8. The van der Waals surface area contributed by atoms with Crippen molar-refractivity contribution >= 4 is 5.91 Å². The average molecular weight is 278 g/mol. The zero-order valence-electron chi connectivity index (χ0n) is 12.3. The van der Waals surface area contributed by atoms with E-state index in [1.165, 1.54) is 12.1 Å². The van der Waals surface area contributed by atoms with Crippen LogP contribution in [-0.2, 0) is 11.2 Å². The van der Waals surface area contributed by atoms with E-state index in [1.807, 2.05) is 4.90 Å². The molecule has 1 aliphatic rings. The van der Waals surface area contributed by atoms with E-state index < -0.39 is 0 Å². The Balaban J connectivity index is 1.81. The number of amides is 1. The summed E-state index contributed by atoms with van der Waals surface area (Å²) in [5.41, 5.74) is 0.876. The second kappa shape index (κ2) is 6.84. The number of halogens is 1. The van der Waals surface area contributed by atoms with Crippen molar-refractivity contribution in [1.29, 1.82) is 0 Å². The van der Waals surface area contributed by atoms with E-state index in [0.29, 0.717) is 12.3 Å². The van der Waals surface area contributed by atoms with E-state index in [-0.39, 0.29) is 11.7 Å². The first-order valence-corrected chi connectivity index (χ1v) is 7.29. The van der Waals surface area contributed by atoms with Crippen LogP contribution in [-0.4, -0.2) is 48.4 Å². The van der Waals surface area contributed by atoms with Crippen molar-refractivity contribution in [1.82, 2.24) is 9.80 Å². The second-order valence-electron chi connectivity index (χ2n) is 5.88. The van der Waals surface area contributed by atoms with Crippen molar-refractivity contribution in [2.45, 2.75) is 20.3 Å². The highest BCUT2D eigenvalue weighted by Crippen LogP contribution is 2.09. The van der Waals surface area contributed by atoms with Crippen LogP contribution in [0, 0.1) is 11.7 Å². The van der Waals surface area contributed by atoms with Crippen LogP contribution >= 0.6 is 0 Å². The standard InChI is InChI=1S/C16H23FN2O/c1-13(2)12-18-7-9-19(10-8-18)16(20)11-14-3-5-15(17)6-4-14/h3-6,13H,7-12H2,1-2H3. The van der Waals surface area contributed by atoms with E-state index in [2.05, 4.69) is 18.7 Å². The normalized spacial score (nSPS) is 16.7. The molecule has 1 aliphatic heterocycles. The Morgan fingerprint density at radius 3 is 2.30 bits per heavy atom. The van der Waals surface area contributed by atoms with Crippen LogP contribution in [0.25, 0.3) is 0 Å². The van der Waals surface area contributed by atoms with Gasteiger partial charge in [-0.25, -0.2) is 4.39 Å². The third-order valence-electron chi connectivity index (χ3n) is 3.62. The molecule has 0 atom stereocenters. The second-order valence-corrected chi connectivity index (χ2v) is 5.88. The van der Waals surface area contributed by atoms with Crippen LogP contribution < -0.4 is 0 Å². The monoisotopic (exact) mass is 278 g/mol. The van der Waals surface area contributed by atoms with Crippen LogP contribution in [0.4, 0.5) is 4.39 Å². The molecule has 0 bridgehead atoms. The summed E-state index contributed by atoms with van der Waals surface area (Å²) < 4.78 is 12.8. The SMILES string of the molecule is CC(C)CN1CCN(C(=O)Cc2ccc(F)cc2)CC1. The first kappa shape index (κ1) is 15.0. The molecule has 20 heavy (non-hydrogen) atoms. The lowest BCUT2D eigenvalue weighted by molar-refractivity contribution is -0.132. The molecule has 1 aromatic carbocycles. The lowest BCUT2D eigenvalue weighted by Crippen LogP contribution is -2.49. The van der Waals surface area contributed by atoms with Crippen molar-refractivity contribution in [3.63, 3.8) is 0 Å². The molecule has 1 saturated heterocycles. The Morgan fingerprint density at radius 2 is 1.75 bits per heavy atom. The first-order valence-electron chi connectivity index (χ1n) is 7.29.